The molecule has 0 bridgehead atoms. The Bertz CT molecular complexity index is 323. The quantitative estimate of drug-likeness (QED) is 0.357. The van der Waals surface area contributed by atoms with Gasteiger partial charge in [-0.25, -0.2) is 4.99 Å². The van der Waals surface area contributed by atoms with Gasteiger partial charge in [0.05, 0.1) is 0 Å². The fraction of sp³-hybridized carbons (Fsp3) is 0.375. The van der Waals surface area contributed by atoms with Gasteiger partial charge >= 0.3 is 0 Å². The molecule has 0 amide bonds. The average molecular weight is 177 g/mol. The highest BCUT2D eigenvalue weighted by molar-refractivity contribution is 5.83. The molecule has 68 valence electrons. The molecule has 5 heteroatoms. The van der Waals surface area contributed by atoms with E-state index in [2.05, 4.69) is 4.99 Å². The Morgan fingerprint density at radius 3 is 2.08 bits per heavy atom. The van der Waals surface area contributed by atoms with Crippen molar-refractivity contribution in [2.45, 2.75) is 13.8 Å². The lowest BCUT2D eigenvalue weighted by Crippen LogP contribution is -2.19. The highest BCUT2D eigenvalue weighted by atomic mass is 14.9. The third-order valence-corrected chi connectivity index (χ3v) is 1.31. The molecule has 0 aromatic heterocycles. The number of allylic oxidation sites excluding steroid dienone is 2. The summed E-state index contributed by atoms with van der Waals surface area (Å²) in [5, 5.41) is 17.0. The molecule has 5 nitrogen and oxygen atoms in total. The van der Waals surface area contributed by atoms with Gasteiger partial charge in [-0.3, -0.25) is 0 Å². The van der Waals surface area contributed by atoms with Gasteiger partial charge in [-0.1, -0.05) is 13.8 Å². The third-order valence-electron chi connectivity index (χ3n) is 1.31. The summed E-state index contributed by atoms with van der Waals surface area (Å²) in [7, 11) is 0. The second-order valence-electron chi connectivity index (χ2n) is 2.68. The minimum absolute atomic E-state index is 0.0230. The van der Waals surface area contributed by atoms with E-state index >= 15 is 0 Å². The third kappa shape index (κ3) is 3.26. The number of hydrogen-bond donors (Lipinski definition) is 2. The van der Waals surface area contributed by atoms with Crippen molar-refractivity contribution in [3.05, 3.63) is 11.4 Å². The second-order valence-corrected chi connectivity index (χ2v) is 2.68. The molecule has 0 aliphatic heterocycles. The normalized spacial score (nSPS) is 13.2. The van der Waals surface area contributed by atoms with Crippen molar-refractivity contribution in [3.8, 4) is 12.1 Å². The highest BCUT2D eigenvalue weighted by Gasteiger charge is 2.04. The molecule has 0 radical (unpaired) electrons. The number of rotatable bonds is 2. The molecule has 0 saturated heterocycles. The van der Waals surface area contributed by atoms with Gasteiger partial charge in [0.25, 0.3) is 0 Å². The van der Waals surface area contributed by atoms with E-state index < -0.39 is 0 Å². The predicted octanol–water partition coefficient (Wildman–Crippen LogP) is 0.217. The predicted molar refractivity (Wildman–Crippen MR) is 48.9 cm³/mol. The number of hydrogen-bond acceptors (Lipinski definition) is 4. The van der Waals surface area contributed by atoms with Crippen molar-refractivity contribution in [2.75, 3.05) is 0 Å². The molecule has 0 atom stereocenters. The zero-order valence-electron chi connectivity index (χ0n) is 7.57. The van der Waals surface area contributed by atoms with Gasteiger partial charge in [-0.15, -0.1) is 0 Å². The van der Waals surface area contributed by atoms with Crippen LogP contribution in [-0.4, -0.2) is 5.84 Å². The fourth-order valence-corrected chi connectivity index (χ4v) is 0.457. The number of nitrogens with zero attached hydrogens (tertiary/aromatic N) is 3. The lowest BCUT2D eigenvalue weighted by Gasteiger charge is -2.02. The average Bonchev–Trinajstić information content (AvgIpc) is 2.12. The maximum absolute atomic E-state index is 8.56. The molecule has 13 heavy (non-hydrogen) atoms. The minimum atomic E-state index is -0.217. The Morgan fingerprint density at radius 1 is 1.23 bits per heavy atom. The maximum atomic E-state index is 8.56. The summed E-state index contributed by atoms with van der Waals surface area (Å²) in [6, 6.07) is 3.34. The van der Waals surface area contributed by atoms with E-state index in [4.69, 9.17) is 22.0 Å². The summed E-state index contributed by atoms with van der Waals surface area (Å²) in [5.41, 5.74) is 10.3. The minimum Gasteiger partial charge on any atom is -0.388 e. The van der Waals surface area contributed by atoms with Crippen LogP contribution in [0.3, 0.4) is 0 Å². The number of aliphatic imine (C=N–C) groups is 1. The van der Waals surface area contributed by atoms with Gasteiger partial charge in [-0.2, -0.15) is 10.5 Å². The van der Waals surface area contributed by atoms with Crippen molar-refractivity contribution in [2.24, 2.45) is 22.4 Å². The molecular formula is C8H11N5. The van der Waals surface area contributed by atoms with Gasteiger partial charge in [0, 0.05) is 5.92 Å². The number of amidine groups is 1. The van der Waals surface area contributed by atoms with Gasteiger partial charge < -0.3 is 11.5 Å². The lowest BCUT2D eigenvalue weighted by atomic mass is 10.2. The van der Waals surface area contributed by atoms with Crippen molar-refractivity contribution in [1.82, 2.24) is 0 Å². The number of nitriles is 2. The Balaban J connectivity index is 5.01. The van der Waals surface area contributed by atoms with E-state index in [1.165, 1.54) is 0 Å². The Labute approximate surface area is 77.0 Å². The Kier molecular flexibility index (Phi) is 4.05. The lowest BCUT2D eigenvalue weighted by molar-refractivity contribution is 0.870. The van der Waals surface area contributed by atoms with E-state index in [1.54, 1.807) is 12.1 Å². The van der Waals surface area contributed by atoms with Crippen LogP contribution in [0.25, 0.3) is 0 Å². The first kappa shape index (κ1) is 11.0. The number of nitrogens with two attached hydrogens (primary N) is 2. The first-order valence-corrected chi connectivity index (χ1v) is 3.67. The molecule has 0 aliphatic rings. The monoisotopic (exact) mass is 177 g/mol. The topological polar surface area (TPSA) is 112 Å². The maximum Gasteiger partial charge on any atom is 0.176 e. The summed E-state index contributed by atoms with van der Waals surface area (Å²) in [5.74, 6) is 0.310. The van der Waals surface area contributed by atoms with Crippen LogP contribution in [0.5, 0.6) is 0 Å². The molecule has 0 fully saturated rings. The van der Waals surface area contributed by atoms with Gasteiger partial charge in [-0.05, 0) is 0 Å². The molecule has 0 heterocycles. The zero-order chi connectivity index (χ0) is 10.4. The van der Waals surface area contributed by atoms with Crippen LogP contribution < -0.4 is 11.5 Å². The molecule has 0 spiro atoms. The summed E-state index contributed by atoms with van der Waals surface area (Å²) < 4.78 is 0. The van der Waals surface area contributed by atoms with Gasteiger partial charge in [0.15, 0.2) is 5.70 Å². The molecule has 0 saturated carbocycles. The molecule has 0 rings (SSSR count). The summed E-state index contributed by atoms with van der Waals surface area (Å²) in [6.45, 7) is 3.66. The van der Waals surface area contributed by atoms with Crippen LogP contribution in [0.15, 0.2) is 16.4 Å². The first-order chi connectivity index (χ1) is 6.02. The Hall–Kier alpha value is -2.01. The zero-order valence-corrected chi connectivity index (χ0v) is 7.57. The summed E-state index contributed by atoms with van der Waals surface area (Å²) in [4.78, 5) is 3.73. The molecule has 4 N–H and O–H groups in total. The van der Waals surface area contributed by atoms with E-state index in [9.17, 15) is 0 Å². The van der Waals surface area contributed by atoms with Crippen molar-refractivity contribution in [1.29, 1.82) is 10.5 Å². The van der Waals surface area contributed by atoms with E-state index in [1.807, 2.05) is 13.8 Å². The van der Waals surface area contributed by atoms with Gasteiger partial charge in [0.2, 0.25) is 0 Å². The summed E-state index contributed by atoms with van der Waals surface area (Å²) in [6.07, 6.45) is 0. The van der Waals surface area contributed by atoms with Crippen LogP contribution in [0, 0.1) is 28.6 Å². The van der Waals surface area contributed by atoms with Gasteiger partial charge in [0.1, 0.15) is 23.7 Å². The van der Waals surface area contributed by atoms with E-state index in [-0.39, 0.29) is 23.1 Å². The molecule has 0 aromatic carbocycles. The summed E-state index contributed by atoms with van der Waals surface area (Å²) >= 11 is 0. The van der Waals surface area contributed by atoms with Crippen molar-refractivity contribution >= 4 is 5.84 Å². The largest absolute Gasteiger partial charge is 0.388 e. The smallest absolute Gasteiger partial charge is 0.176 e. The van der Waals surface area contributed by atoms with Crippen LogP contribution in [0.1, 0.15) is 13.8 Å². The standard InChI is InChI=1S/C8H11N5/c1-5(2)8(12)13-7(4-10)6(11)3-9/h5H,11H2,1-2H3,(H2,12,13). The highest BCUT2D eigenvalue weighted by Crippen LogP contribution is 2.01. The van der Waals surface area contributed by atoms with Crippen LogP contribution in [-0.2, 0) is 0 Å². The molecule has 0 aliphatic carbocycles. The van der Waals surface area contributed by atoms with Crippen molar-refractivity contribution < 1.29 is 0 Å². The Morgan fingerprint density at radius 2 is 1.77 bits per heavy atom. The molecule has 0 unspecified atom stereocenters. The van der Waals surface area contributed by atoms with E-state index in [0.717, 1.165) is 0 Å². The molecule has 0 aromatic rings. The fourth-order valence-electron chi connectivity index (χ4n) is 0.457. The first-order valence-electron chi connectivity index (χ1n) is 3.67. The van der Waals surface area contributed by atoms with Crippen LogP contribution in [0.4, 0.5) is 0 Å². The van der Waals surface area contributed by atoms with E-state index in [0.29, 0.717) is 0 Å². The second kappa shape index (κ2) is 4.78. The SMILES string of the molecule is CC(C)C(N)=NC(C#N)=C(N)C#N. The van der Waals surface area contributed by atoms with Crippen LogP contribution >= 0.6 is 0 Å². The van der Waals surface area contributed by atoms with Crippen molar-refractivity contribution in [3.63, 3.8) is 0 Å². The van der Waals surface area contributed by atoms with Crippen LogP contribution in [0.2, 0.25) is 0 Å². The molecular weight excluding hydrogens is 166 g/mol.